The molecule has 0 aliphatic carbocycles. The van der Waals surface area contributed by atoms with Crippen molar-refractivity contribution in [3.63, 3.8) is 0 Å². The number of azo groups is 1. The third kappa shape index (κ3) is 4.21. The topological polar surface area (TPSA) is 71.2 Å². The minimum absolute atomic E-state index is 0.468. The molecule has 1 N–H and O–H groups in total. The molecule has 0 bridgehead atoms. The van der Waals surface area contributed by atoms with Crippen molar-refractivity contribution < 1.29 is 4.74 Å². The second-order valence-electron chi connectivity index (χ2n) is 5.81. The van der Waals surface area contributed by atoms with Crippen molar-refractivity contribution in [3.8, 4) is 5.75 Å². The second kappa shape index (κ2) is 8.41. The fraction of sp³-hybridized carbons (Fsp3) is 0.0476. The van der Waals surface area contributed by atoms with Crippen LogP contribution in [0.2, 0.25) is 0 Å². The lowest BCUT2D eigenvalue weighted by molar-refractivity contribution is 0.415. The van der Waals surface area contributed by atoms with Crippen molar-refractivity contribution in [1.82, 2.24) is 4.98 Å². The predicted molar refractivity (Wildman–Crippen MR) is 114 cm³/mol. The van der Waals surface area contributed by atoms with Crippen LogP contribution in [0.5, 0.6) is 5.75 Å². The average molecular weight is 387 g/mol. The van der Waals surface area contributed by atoms with Crippen LogP contribution in [0.3, 0.4) is 0 Å². The van der Waals surface area contributed by atoms with E-state index in [1.807, 2.05) is 78.9 Å². The molecule has 0 aliphatic heterocycles. The van der Waals surface area contributed by atoms with Crippen LogP contribution in [0.1, 0.15) is 5.56 Å². The van der Waals surface area contributed by atoms with Crippen LogP contribution in [0.15, 0.2) is 94.2 Å². The lowest BCUT2D eigenvalue weighted by Gasteiger charge is -2.04. The van der Waals surface area contributed by atoms with Gasteiger partial charge in [-0.3, -0.25) is 5.43 Å². The molecule has 28 heavy (non-hydrogen) atoms. The van der Waals surface area contributed by atoms with E-state index in [9.17, 15) is 0 Å². The van der Waals surface area contributed by atoms with Gasteiger partial charge in [-0.15, -0.1) is 10.2 Å². The monoisotopic (exact) mass is 387 g/mol. The molecule has 0 unspecified atom stereocenters. The van der Waals surface area contributed by atoms with Gasteiger partial charge in [0.05, 0.1) is 23.0 Å². The zero-order valence-electron chi connectivity index (χ0n) is 15.1. The standard InChI is InChI=1S/C21H17N5OS/c1-27-17-13-11-16(12-14-17)23-24-20(15-7-3-2-4-8-15)25-26-21-22-18-9-5-6-10-19(18)28-21/h2-14,23H,1H3/b24-20+,26-25?. The number of hydrazone groups is 1. The molecule has 0 saturated heterocycles. The number of fused-ring (bicyclic) bond motifs is 1. The third-order valence-corrected chi connectivity index (χ3v) is 4.85. The number of anilines is 1. The molecular weight excluding hydrogens is 370 g/mol. The summed E-state index contributed by atoms with van der Waals surface area (Å²) < 4.78 is 6.25. The first kappa shape index (κ1) is 17.8. The largest absolute Gasteiger partial charge is 0.497 e. The maximum atomic E-state index is 5.17. The van der Waals surface area contributed by atoms with E-state index < -0.39 is 0 Å². The van der Waals surface area contributed by atoms with Gasteiger partial charge in [-0.1, -0.05) is 53.8 Å². The van der Waals surface area contributed by atoms with Gasteiger partial charge in [-0.2, -0.15) is 5.10 Å². The molecule has 4 rings (SSSR count). The molecule has 0 spiro atoms. The summed E-state index contributed by atoms with van der Waals surface area (Å²) in [5.74, 6) is 1.25. The molecule has 6 nitrogen and oxygen atoms in total. The quantitative estimate of drug-likeness (QED) is 0.202. The van der Waals surface area contributed by atoms with E-state index in [0.29, 0.717) is 11.0 Å². The van der Waals surface area contributed by atoms with Crippen molar-refractivity contribution in [2.75, 3.05) is 12.5 Å². The minimum atomic E-state index is 0.468. The van der Waals surface area contributed by atoms with E-state index >= 15 is 0 Å². The van der Waals surface area contributed by atoms with Gasteiger partial charge in [0.15, 0.2) is 0 Å². The Morgan fingerprint density at radius 1 is 0.929 bits per heavy atom. The van der Waals surface area contributed by atoms with Gasteiger partial charge in [0.2, 0.25) is 11.0 Å². The Hall–Kier alpha value is -3.58. The van der Waals surface area contributed by atoms with Gasteiger partial charge >= 0.3 is 0 Å². The minimum Gasteiger partial charge on any atom is -0.497 e. The summed E-state index contributed by atoms with van der Waals surface area (Å²) in [6, 6.07) is 25.1. The number of ether oxygens (including phenoxy) is 1. The van der Waals surface area contributed by atoms with E-state index in [4.69, 9.17) is 4.74 Å². The van der Waals surface area contributed by atoms with E-state index in [-0.39, 0.29) is 0 Å². The molecular formula is C21H17N5OS. The Morgan fingerprint density at radius 3 is 2.43 bits per heavy atom. The molecule has 0 saturated carbocycles. The number of amidine groups is 1. The summed E-state index contributed by atoms with van der Waals surface area (Å²) >= 11 is 1.49. The summed E-state index contributed by atoms with van der Waals surface area (Å²) in [5, 5.41) is 13.7. The van der Waals surface area contributed by atoms with Gasteiger partial charge < -0.3 is 4.74 Å². The number of benzene rings is 3. The highest BCUT2D eigenvalue weighted by atomic mass is 32.1. The number of aromatic nitrogens is 1. The summed E-state index contributed by atoms with van der Waals surface area (Å²) in [6.07, 6.45) is 0. The lowest BCUT2D eigenvalue weighted by Crippen LogP contribution is -2.01. The molecule has 0 aliphatic rings. The first-order valence-electron chi connectivity index (χ1n) is 8.62. The SMILES string of the molecule is COc1ccc(N/N=C(/N=Nc2nc3ccccc3s2)c2ccccc2)cc1. The second-order valence-corrected chi connectivity index (χ2v) is 6.82. The molecule has 0 amide bonds. The van der Waals surface area contributed by atoms with Crippen LogP contribution >= 0.6 is 11.3 Å². The first-order chi connectivity index (χ1) is 13.8. The normalized spacial score (nSPS) is 11.8. The molecule has 0 atom stereocenters. The Labute approximate surface area is 166 Å². The number of hydrogen-bond acceptors (Lipinski definition) is 6. The van der Waals surface area contributed by atoms with Crippen molar-refractivity contribution in [3.05, 3.63) is 84.4 Å². The summed E-state index contributed by atoms with van der Waals surface area (Å²) in [5.41, 5.74) is 5.61. The number of para-hydroxylation sites is 1. The number of nitrogens with zero attached hydrogens (tertiary/aromatic N) is 4. The highest BCUT2D eigenvalue weighted by Gasteiger charge is 2.05. The number of methoxy groups -OCH3 is 1. The van der Waals surface area contributed by atoms with E-state index in [1.54, 1.807) is 7.11 Å². The fourth-order valence-electron chi connectivity index (χ4n) is 2.51. The molecule has 1 heterocycles. The Balaban J connectivity index is 1.61. The van der Waals surface area contributed by atoms with Crippen LogP contribution in [-0.2, 0) is 0 Å². The van der Waals surface area contributed by atoms with Gasteiger partial charge in [0.1, 0.15) is 5.75 Å². The van der Waals surface area contributed by atoms with Gasteiger partial charge in [-0.25, -0.2) is 4.98 Å². The average Bonchev–Trinajstić information content (AvgIpc) is 3.18. The first-order valence-corrected chi connectivity index (χ1v) is 9.44. The number of rotatable bonds is 5. The Bertz CT molecular complexity index is 1090. The van der Waals surface area contributed by atoms with Crippen molar-refractivity contribution in [2.24, 2.45) is 15.3 Å². The Kier molecular flexibility index (Phi) is 5.35. The van der Waals surface area contributed by atoms with Crippen LogP contribution in [0.4, 0.5) is 10.8 Å². The highest BCUT2D eigenvalue weighted by Crippen LogP contribution is 2.28. The van der Waals surface area contributed by atoms with E-state index in [1.165, 1.54) is 11.3 Å². The van der Waals surface area contributed by atoms with E-state index in [0.717, 1.165) is 27.2 Å². The number of hydrogen-bond donors (Lipinski definition) is 1. The maximum absolute atomic E-state index is 5.17. The third-order valence-electron chi connectivity index (χ3n) is 3.93. The summed E-state index contributed by atoms with van der Waals surface area (Å²) in [4.78, 5) is 4.48. The molecule has 3 aromatic carbocycles. The molecule has 7 heteroatoms. The number of nitrogens with one attached hydrogen (secondary N) is 1. The van der Waals surface area contributed by atoms with Crippen molar-refractivity contribution in [2.45, 2.75) is 0 Å². The molecule has 4 aromatic rings. The maximum Gasteiger partial charge on any atom is 0.231 e. The number of thiazole rings is 1. The lowest BCUT2D eigenvalue weighted by atomic mass is 10.2. The van der Waals surface area contributed by atoms with Gasteiger partial charge in [-0.05, 0) is 36.4 Å². The zero-order valence-corrected chi connectivity index (χ0v) is 15.9. The van der Waals surface area contributed by atoms with Crippen LogP contribution in [0, 0.1) is 0 Å². The molecule has 138 valence electrons. The molecule has 1 aromatic heterocycles. The Morgan fingerprint density at radius 2 is 1.68 bits per heavy atom. The van der Waals surface area contributed by atoms with E-state index in [2.05, 4.69) is 25.7 Å². The smallest absolute Gasteiger partial charge is 0.231 e. The molecule has 0 fully saturated rings. The van der Waals surface area contributed by atoms with Crippen LogP contribution in [-0.4, -0.2) is 17.9 Å². The van der Waals surface area contributed by atoms with Crippen molar-refractivity contribution >= 4 is 38.2 Å². The summed E-state index contributed by atoms with van der Waals surface area (Å²) in [6.45, 7) is 0. The molecule has 0 radical (unpaired) electrons. The zero-order chi connectivity index (χ0) is 19.2. The van der Waals surface area contributed by atoms with Gasteiger partial charge in [0, 0.05) is 5.56 Å². The fourth-order valence-corrected chi connectivity index (χ4v) is 3.30. The van der Waals surface area contributed by atoms with Gasteiger partial charge in [0.25, 0.3) is 0 Å². The highest BCUT2D eigenvalue weighted by molar-refractivity contribution is 7.21. The summed E-state index contributed by atoms with van der Waals surface area (Å²) in [7, 11) is 1.64. The predicted octanol–water partition coefficient (Wildman–Crippen LogP) is 5.86. The van der Waals surface area contributed by atoms with Crippen LogP contribution in [0.25, 0.3) is 10.2 Å². The van der Waals surface area contributed by atoms with Crippen molar-refractivity contribution in [1.29, 1.82) is 0 Å². The van der Waals surface area contributed by atoms with Crippen LogP contribution < -0.4 is 10.2 Å².